The van der Waals surface area contributed by atoms with Gasteiger partial charge in [0.25, 0.3) is 0 Å². The molecule has 0 aromatic heterocycles. The molecular formula is C23H32N2O2. The summed E-state index contributed by atoms with van der Waals surface area (Å²) >= 11 is 0. The zero-order chi connectivity index (χ0) is 19.2. The van der Waals surface area contributed by atoms with Gasteiger partial charge in [0.2, 0.25) is 11.8 Å². The summed E-state index contributed by atoms with van der Waals surface area (Å²) < 4.78 is 0. The van der Waals surface area contributed by atoms with Crippen LogP contribution in [0.3, 0.4) is 0 Å². The lowest BCUT2D eigenvalue weighted by molar-refractivity contribution is -0.147. The van der Waals surface area contributed by atoms with Crippen molar-refractivity contribution in [3.63, 3.8) is 0 Å². The summed E-state index contributed by atoms with van der Waals surface area (Å²) in [5.74, 6) is 2.34. The number of rotatable bonds is 5. The molecule has 4 fully saturated rings. The highest BCUT2D eigenvalue weighted by Gasteiger charge is 2.54. The summed E-state index contributed by atoms with van der Waals surface area (Å²) in [5.41, 5.74) is 3.41. The van der Waals surface area contributed by atoms with Gasteiger partial charge in [-0.3, -0.25) is 9.59 Å². The molecule has 4 aliphatic carbocycles. The summed E-state index contributed by atoms with van der Waals surface area (Å²) in [6.07, 6.45) is 7.09. The quantitative estimate of drug-likeness (QED) is 0.863. The molecule has 4 bridgehead atoms. The number of hydrogen-bond donors (Lipinski definition) is 1. The maximum atomic E-state index is 13.0. The molecule has 5 rings (SSSR count). The van der Waals surface area contributed by atoms with Crippen molar-refractivity contribution in [1.82, 2.24) is 10.2 Å². The van der Waals surface area contributed by atoms with Crippen LogP contribution in [0.2, 0.25) is 0 Å². The third-order valence-electron chi connectivity index (χ3n) is 7.25. The van der Waals surface area contributed by atoms with Crippen LogP contribution in [0.4, 0.5) is 0 Å². The molecule has 4 nitrogen and oxygen atoms in total. The Bertz CT molecular complexity index is 719. The van der Waals surface area contributed by atoms with Gasteiger partial charge in [0, 0.05) is 19.0 Å². The van der Waals surface area contributed by atoms with Crippen LogP contribution >= 0.6 is 0 Å². The van der Waals surface area contributed by atoms with E-state index in [0.29, 0.717) is 6.54 Å². The van der Waals surface area contributed by atoms with Crippen LogP contribution in [0.5, 0.6) is 0 Å². The molecule has 4 aliphatic rings. The second-order valence-corrected chi connectivity index (χ2v) is 9.56. The van der Waals surface area contributed by atoms with Gasteiger partial charge < -0.3 is 10.2 Å². The first-order valence-corrected chi connectivity index (χ1v) is 10.4. The molecule has 0 aliphatic heterocycles. The number of likely N-dealkylation sites (N-methyl/N-ethyl adjacent to an activating group) is 1. The second-order valence-electron chi connectivity index (χ2n) is 9.56. The minimum atomic E-state index is -0.179. The molecule has 1 aromatic rings. The van der Waals surface area contributed by atoms with Crippen molar-refractivity contribution < 1.29 is 9.59 Å². The number of nitrogens with one attached hydrogen (secondary N) is 1. The van der Waals surface area contributed by atoms with E-state index in [-0.39, 0.29) is 23.8 Å². The van der Waals surface area contributed by atoms with E-state index in [2.05, 4.69) is 37.4 Å². The lowest BCUT2D eigenvalue weighted by Gasteiger charge is -2.55. The fraction of sp³-hybridized carbons (Fsp3) is 0.652. The van der Waals surface area contributed by atoms with Crippen LogP contribution in [0, 0.1) is 37.0 Å². The molecule has 27 heavy (non-hydrogen) atoms. The monoisotopic (exact) mass is 368 g/mol. The normalized spacial score (nSPS) is 31.0. The van der Waals surface area contributed by atoms with E-state index in [1.54, 1.807) is 4.90 Å². The summed E-state index contributed by atoms with van der Waals surface area (Å²) in [6.45, 7) is 4.85. The van der Waals surface area contributed by atoms with Crippen molar-refractivity contribution in [1.29, 1.82) is 0 Å². The first-order chi connectivity index (χ1) is 12.8. The molecule has 0 spiro atoms. The predicted octanol–water partition coefficient (Wildman–Crippen LogP) is 3.59. The molecule has 1 aromatic carbocycles. The van der Waals surface area contributed by atoms with Crippen molar-refractivity contribution in [3.8, 4) is 0 Å². The third-order valence-corrected chi connectivity index (χ3v) is 7.25. The largest absolute Gasteiger partial charge is 0.347 e. The summed E-state index contributed by atoms with van der Waals surface area (Å²) in [6, 6.07) is 6.31. The minimum absolute atomic E-state index is 0.0203. The van der Waals surface area contributed by atoms with Crippen molar-refractivity contribution >= 4 is 11.8 Å². The zero-order valence-corrected chi connectivity index (χ0v) is 16.9. The van der Waals surface area contributed by atoms with E-state index < -0.39 is 0 Å². The predicted molar refractivity (Wildman–Crippen MR) is 106 cm³/mol. The molecule has 0 saturated heterocycles. The Morgan fingerprint density at radius 1 is 1.07 bits per heavy atom. The Hall–Kier alpha value is -1.84. The molecule has 0 unspecified atom stereocenters. The van der Waals surface area contributed by atoms with Gasteiger partial charge in [-0.15, -0.1) is 0 Å². The number of aryl methyl sites for hydroxylation is 2. The molecule has 0 heterocycles. The number of benzene rings is 1. The lowest BCUT2D eigenvalue weighted by Crippen LogP contribution is -2.54. The lowest BCUT2D eigenvalue weighted by atomic mass is 9.49. The first-order valence-electron chi connectivity index (χ1n) is 10.4. The number of carbonyl (C=O) groups is 2. The van der Waals surface area contributed by atoms with Crippen molar-refractivity contribution in [2.45, 2.75) is 58.9 Å². The van der Waals surface area contributed by atoms with Crippen LogP contribution in [-0.4, -0.2) is 30.3 Å². The second kappa shape index (κ2) is 6.96. The minimum Gasteiger partial charge on any atom is -0.347 e. The van der Waals surface area contributed by atoms with E-state index in [9.17, 15) is 9.59 Å². The number of nitrogens with zero attached hydrogens (tertiary/aromatic N) is 1. The van der Waals surface area contributed by atoms with Crippen LogP contribution < -0.4 is 5.32 Å². The molecule has 1 N–H and O–H groups in total. The highest BCUT2D eigenvalue weighted by molar-refractivity contribution is 5.88. The first kappa shape index (κ1) is 18.5. The smallest absolute Gasteiger partial charge is 0.242 e. The van der Waals surface area contributed by atoms with E-state index in [4.69, 9.17) is 0 Å². The van der Waals surface area contributed by atoms with Crippen molar-refractivity contribution in [2.75, 3.05) is 13.6 Å². The molecule has 146 valence electrons. The van der Waals surface area contributed by atoms with Crippen LogP contribution in [0.1, 0.15) is 55.2 Å². The number of amides is 2. The van der Waals surface area contributed by atoms with Crippen molar-refractivity contribution in [2.24, 2.45) is 23.2 Å². The molecule has 4 saturated carbocycles. The van der Waals surface area contributed by atoms with E-state index in [0.717, 1.165) is 42.6 Å². The van der Waals surface area contributed by atoms with Crippen LogP contribution in [0.25, 0.3) is 0 Å². The van der Waals surface area contributed by atoms with Crippen molar-refractivity contribution in [3.05, 3.63) is 34.9 Å². The van der Waals surface area contributed by atoms with E-state index in [1.165, 1.54) is 30.4 Å². The Morgan fingerprint density at radius 2 is 1.67 bits per heavy atom. The van der Waals surface area contributed by atoms with Crippen LogP contribution in [-0.2, 0) is 16.1 Å². The molecule has 0 atom stereocenters. The topological polar surface area (TPSA) is 49.4 Å². The van der Waals surface area contributed by atoms with E-state index >= 15 is 0 Å². The molecule has 4 heteroatoms. The number of carbonyl (C=O) groups excluding carboxylic acids is 2. The average molecular weight is 369 g/mol. The highest BCUT2D eigenvalue weighted by atomic mass is 16.2. The molecule has 0 radical (unpaired) electrons. The van der Waals surface area contributed by atoms with Crippen LogP contribution in [0.15, 0.2) is 18.2 Å². The highest BCUT2D eigenvalue weighted by Crippen LogP contribution is 2.60. The Balaban J connectivity index is 1.33. The zero-order valence-electron chi connectivity index (χ0n) is 16.9. The fourth-order valence-electron chi connectivity index (χ4n) is 6.23. The standard InChI is InChI=1S/C23H32N2O2/c1-15-4-5-20(16(2)6-15)14-25(3)21(26)13-24-22(27)23-10-17-7-18(11-23)9-19(8-17)12-23/h4-6,17-19H,7-14H2,1-3H3,(H,24,27). The SMILES string of the molecule is Cc1ccc(CN(C)C(=O)CNC(=O)C23CC4CC(CC(C4)C2)C3)c(C)c1. The van der Waals surface area contributed by atoms with Gasteiger partial charge in [0.1, 0.15) is 0 Å². The maximum Gasteiger partial charge on any atom is 0.242 e. The third kappa shape index (κ3) is 3.63. The fourth-order valence-corrected chi connectivity index (χ4v) is 6.23. The Morgan fingerprint density at radius 3 is 2.22 bits per heavy atom. The van der Waals surface area contributed by atoms with Gasteiger partial charge in [0.05, 0.1) is 6.54 Å². The van der Waals surface area contributed by atoms with Gasteiger partial charge in [0.15, 0.2) is 0 Å². The van der Waals surface area contributed by atoms with Gasteiger partial charge in [-0.2, -0.15) is 0 Å². The van der Waals surface area contributed by atoms with Gasteiger partial charge in [-0.25, -0.2) is 0 Å². The summed E-state index contributed by atoms with van der Waals surface area (Å²) in [4.78, 5) is 27.3. The van der Waals surface area contributed by atoms with Gasteiger partial charge in [-0.1, -0.05) is 23.8 Å². The summed E-state index contributed by atoms with van der Waals surface area (Å²) in [5, 5.41) is 3.00. The Labute approximate surface area is 162 Å². The van der Waals surface area contributed by atoms with Gasteiger partial charge in [-0.05, 0) is 81.3 Å². The summed E-state index contributed by atoms with van der Waals surface area (Å²) in [7, 11) is 1.82. The van der Waals surface area contributed by atoms with Gasteiger partial charge >= 0.3 is 0 Å². The maximum absolute atomic E-state index is 13.0. The Kier molecular flexibility index (Phi) is 4.77. The number of hydrogen-bond acceptors (Lipinski definition) is 2. The average Bonchev–Trinajstić information content (AvgIpc) is 2.60. The molecule has 2 amide bonds. The molecular weight excluding hydrogens is 336 g/mol. The van der Waals surface area contributed by atoms with E-state index in [1.807, 2.05) is 7.05 Å².